The summed E-state index contributed by atoms with van der Waals surface area (Å²) in [5, 5.41) is 11.0. The molecule has 132 valence electrons. The molecular weight excluding hydrogens is 403 g/mol. The molecule has 0 saturated heterocycles. The smallest absolute Gasteiger partial charge is 0.191 e. The number of rotatable bonds is 8. The van der Waals surface area contributed by atoms with Crippen molar-refractivity contribution < 1.29 is 4.52 Å². The van der Waals surface area contributed by atoms with Gasteiger partial charge in [-0.05, 0) is 32.1 Å². The van der Waals surface area contributed by atoms with Gasteiger partial charge < -0.3 is 15.2 Å². The van der Waals surface area contributed by atoms with E-state index in [9.17, 15) is 0 Å². The lowest BCUT2D eigenvalue weighted by molar-refractivity contribution is 0.380. The maximum atomic E-state index is 5.41. The zero-order valence-electron chi connectivity index (χ0n) is 14.8. The Bertz CT molecular complexity index is 479. The fraction of sp³-hybridized carbons (Fsp3) is 0.765. The summed E-state index contributed by atoms with van der Waals surface area (Å²) in [5.41, 5.74) is 2.19. The van der Waals surface area contributed by atoms with Gasteiger partial charge in [0.25, 0.3) is 0 Å². The van der Waals surface area contributed by atoms with Crippen LogP contribution in [0, 0.1) is 5.92 Å². The minimum atomic E-state index is 0. The van der Waals surface area contributed by atoms with Crippen LogP contribution in [0.4, 0.5) is 0 Å². The standard InChI is InChI=1S/C17H30N4O.HI/c1-5-9-12-10-15(12)20-17(18-8-4)19-11-13-14(6-2)21-22-16(13)7-3;/h12,15H,5-11H2,1-4H3,(H2,18,19,20);1H. The van der Waals surface area contributed by atoms with Crippen LogP contribution in [0.3, 0.4) is 0 Å². The molecule has 0 aromatic carbocycles. The molecule has 1 heterocycles. The Hall–Kier alpha value is -0.790. The second-order valence-corrected chi connectivity index (χ2v) is 5.97. The molecule has 23 heavy (non-hydrogen) atoms. The molecule has 2 atom stereocenters. The Labute approximate surface area is 157 Å². The van der Waals surface area contributed by atoms with Crippen molar-refractivity contribution in [3.63, 3.8) is 0 Å². The van der Waals surface area contributed by atoms with E-state index in [1.165, 1.54) is 19.3 Å². The van der Waals surface area contributed by atoms with Crippen LogP contribution in [0.5, 0.6) is 0 Å². The van der Waals surface area contributed by atoms with Crippen molar-refractivity contribution in [3.05, 3.63) is 17.0 Å². The van der Waals surface area contributed by atoms with Crippen molar-refractivity contribution >= 4 is 29.9 Å². The van der Waals surface area contributed by atoms with E-state index in [1.807, 2.05) is 0 Å². The first-order valence-corrected chi connectivity index (χ1v) is 8.74. The summed E-state index contributed by atoms with van der Waals surface area (Å²) in [6.45, 7) is 10.1. The van der Waals surface area contributed by atoms with Gasteiger partial charge in [0.2, 0.25) is 0 Å². The molecule has 1 aliphatic rings. The van der Waals surface area contributed by atoms with Crippen LogP contribution in [-0.2, 0) is 19.4 Å². The second kappa shape index (κ2) is 10.2. The average Bonchev–Trinajstić information content (AvgIpc) is 3.12. The molecule has 0 aliphatic heterocycles. The van der Waals surface area contributed by atoms with Gasteiger partial charge >= 0.3 is 0 Å². The Balaban J connectivity index is 0.00000264. The van der Waals surface area contributed by atoms with E-state index in [0.717, 1.165) is 48.3 Å². The monoisotopic (exact) mass is 434 g/mol. The second-order valence-electron chi connectivity index (χ2n) is 5.97. The first-order chi connectivity index (χ1) is 10.7. The van der Waals surface area contributed by atoms with Gasteiger partial charge in [0.05, 0.1) is 12.2 Å². The number of nitrogens with zero attached hydrogens (tertiary/aromatic N) is 2. The zero-order chi connectivity index (χ0) is 15.9. The van der Waals surface area contributed by atoms with Gasteiger partial charge in [0, 0.05) is 24.6 Å². The van der Waals surface area contributed by atoms with E-state index >= 15 is 0 Å². The lowest BCUT2D eigenvalue weighted by Gasteiger charge is -2.11. The van der Waals surface area contributed by atoms with E-state index in [2.05, 4.69) is 43.5 Å². The molecule has 0 amide bonds. The summed E-state index contributed by atoms with van der Waals surface area (Å²) >= 11 is 0. The van der Waals surface area contributed by atoms with Gasteiger partial charge in [-0.2, -0.15) is 0 Å². The highest BCUT2D eigenvalue weighted by molar-refractivity contribution is 14.0. The summed E-state index contributed by atoms with van der Waals surface area (Å²) in [5.74, 6) is 2.70. The van der Waals surface area contributed by atoms with Crippen molar-refractivity contribution in [1.82, 2.24) is 15.8 Å². The van der Waals surface area contributed by atoms with Crippen LogP contribution in [0.1, 0.15) is 64.0 Å². The first-order valence-electron chi connectivity index (χ1n) is 8.74. The van der Waals surface area contributed by atoms with E-state index in [1.54, 1.807) is 0 Å². The molecular formula is C17H31IN4O. The highest BCUT2D eigenvalue weighted by Gasteiger charge is 2.36. The quantitative estimate of drug-likeness (QED) is 0.373. The van der Waals surface area contributed by atoms with E-state index in [4.69, 9.17) is 9.52 Å². The van der Waals surface area contributed by atoms with Crippen LogP contribution in [-0.4, -0.2) is 23.7 Å². The minimum absolute atomic E-state index is 0. The molecule has 0 bridgehead atoms. The molecule has 0 radical (unpaired) electrons. The highest BCUT2D eigenvalue weighted by atomic mass is 127. The Morgan fingerprint density at radius 2 is 2.04 bits per heavy atom. The molecule has 5 nitrogen and oxygen atoms in total. The predicted octanol–water partition coefficient (Wildman–Crippen LogP) is 3.66. The van der Waals surface area contributed by atoms with Crippen molar-refractivity contribution in [1.29, 1.82) is 0 Å². The van der Waals surface area contributed by atoms with E-state index in [-0.39, 0.29) is 24.0 Å². The highest BCUT2D eigenvalue weighted by Crippen LogP contribution is 2.34. The SMILES string of the molecule is CCCC1CC1NC(=NCc1c(CC)noc1CC)NCC.I. The van der Waals surface area contributed by atoms with Crippen molar-refractivity contribution in [2.24, 2.45) is 10.9 Å². The lowest BCUT2D eigenvalue weighted by Crippen LogP contribution is -2.39. The Morgan fingerprint density at radius 1 is 1.26 bits per heavy atom. The summed E-state index contributed by atoms with van der Waals surface area (Å²) in [7, 11) is 0. The Kier molecular flexibility index (Phi) is 8.94. The number of nitrogens with one attached hydrogen (secondary N) is 2. The first kappa shape index (κ1) is 20.3. The minimum Gasteiger partial charge on any atom is -0.361 e. The summed E-state index contributed by atoms with van der Waals surface area (Å²) in [6.07, 6.45) is 5.59. The van der Waals surface area contributed by atoms with Crippen molar-refractivity contribution in [3.8, 4) is 0 Å². The molecule has 1 aromatic heterocycles. The molecule has 1 aliphatic carbocycles. The van der Waals surface area contributed by atoms with Crippen LogP contribution < -0.4 is 10.6 Å². The third kappa shape index (κ3) is 5.65. The van der Waals surface area contributed by atoms with Crippen LogP contribution in [0.15, 0.2) is 9.52 Å². The number of aliphatic imine (C=N–C) groups is 1. The molecule has 2 rings (SSSR count). The largest absolute Gasteiger partial charge is 0.361 e. The number of halogens is 1. The van der Waals surface area contributed by atoms with Gasteiger partial charge in [0.1, 0.15) is 5.76 Å². The summed E-state index contributed by atoms with van der Waals surface area (Å²) < 4.78 is 5.41. The topological polar surface area (TPSA) is 62.5 Å². The molecule has 6 heteroatoms. The van der Waals surface area contributed by atoms with Crippen LogP contribution >= 0.6 is 24.0 Å². The van der Waals surface area contributed by atoms with E-state index in [0.29, 0.717) is 12.6 Å². The van der Waals surface area contributed by atoms with Gasteiger partial charge in [-0.1, -0.05) is 32.3 Å². The summed E-state index contributed by atoms with van der Waals surface area (Å²) in [4.78, 5) is 4.74. The third-order valence-corrected chi connectivity index (χ3v) is 4.25. The number of aromatic nitrogens is 1. The molecule has 0 spiro atoms. The summed E-state index contributed by atoms with van der Waals surface area (Å²) in [6, 6.07) is 0.594. The van der Waals surface area contributed by atoms with Crippen LogP contribution in [0.2, 0.25) is 0 Å². The van der Waals surface area contributed by atoms with Gasteiger partial charge in [-0.25, -0.2) is 4.99 Å². The number of hydrogen-bond acceptors (Lipinski definition) is 3. The number of hydrogen-bond donors (Lipinski definition) is 2. The average molecular weight is 434 g/mol. The normalized spacial score (nSPS) is 20.1. The van der Waals surface area contributed by atoms with E-state index < -0.39 is 0 Å². The molecule has 2 unspecified atom stereocenters. The Morgan fingerprint density at radius 3 is 2.65 bits per heavy atom. The van der Waals surface area contributed by atoms with Crippen molar-refractivity contribution in [2.75, 3.05) is 6.54 Å². The maximum absolute atomic E-state index is 5.41. The molecule has 1 fully saturated rings. The fourth-order valence-corrected chi connectivity index (χ4v) is 2.88. The van der Waals surface area contributed by atoms with Gasteiger partial charge in [-0.15, -0.1) is 24.0 Å². The van der Waals surface area contributed by atoms with Crippen LogP contribution in [0.25, 0.3) is 0 Å². The maximum Gasteiger partial charge on any atom is 0.191 e. The number of aryl methyl sites for hydroxylation is 2. The predicted molar refractivity (Wildman–Crippen MR) is 105 cm³/mol. The molecule has 1 aromatic rings. The van der Waals surface area contributed by atoms with Crippen molar-refractivity contribution in [2.45, 2.75) is 72.4 Å². The molecule has 1 saturated carbocycles. The zero-order valence-corrected chi connectivity index (χ0v) is 17.1. The van der Waals surface area contributed by atoms with Gasteiger partial charge in [-0.3, -0.25) is 0 Å². The number of guanidine groups is 1. The lowest BCUT2D eigenvalue weighted by atomic mass is 10.1. The fourth-order valence-electron chi connectivity index (χ4n) is 2.88. The molecule has 2 N–H and O–H groups in total. The third-order valence-electron chi connectivity index (χ3n) is 4.25. The van der Waals surface area contributed by atoms with Gasteiger partial charge in [0.15, 0.2) is 5.96 Å².